The molecule has 0 aromatic carbocycles. The number of amidine groups is 1. The van der Waals surface area contributed by atoms with Crippen molar-refractivity contribution in [2.45, 2.75) is 66.3 Å². The minimum atomic E-state index is -0.747. The van der Waals surface area contributed by atoms with Gasteiger partial charge in [-0.05, 0) is 24.2 Å². The Morgan fingerprint density at radius 2 is 1.79 bits per heavy atom. The molecule has 1 atom stereocenters. The minimum Gasteiger partial charge on any atom is -0.409 e. The first kappa shape index (κ1) is 17.7. The minimum absolute atomic E-state index is 0.0577. The smallest absolute Gasteiger partial charge is 0.221 e. The summed E-state index contributed by atoms with van der Waals surface area (Å²) in [4.78, 5) is 12.2. The normalized spacial score (nSPS) is 15.2. The van der Waals surface area contributed by atoms with Crippen molar-refractivity contribution in [2.24, 2.45) is 22.2 Å². The first-order valence-corrected chi connectivity index (χ1v) is 6.92. The Balaban J connectivity index is 4.85. The van der Waals surface area contributed by atoms with E-state index >= 15 is 0 Å². The van der Waals surface area contributed by atoms with E-state index < -0.39 is 5.54 Å². The molecule has 0 radical (unpaired) electrons. The second-order valence-corrected chi connectivity index (χ2v) is 6.29. The van der Waals surface area contributed by atoms with E-state index in [1.165, 1.54) is 0 Å². The summed E-state index contributed by atoms with van der Waals surface area (Å²) in [6, 6.07) is 0. The van der Waals surface area contributed by atoms with Crippen molar-refractivity contribution < 1.29 is 10.0 Å². The standard InChI is InChI=1S/C14H29N3O2/c1-7-14(8-2,12(15)17-19)16-11(18)9-10(3)13(4,5)6/h10,19H,7-9H2,1-6H3,(H2,15,17)(H,16,18). The van der Waals surface area contributed by atoms with Crippen LogP contribution in [-0.4, -0.2) is 22.5 Å². The second kappa shape index (κ2) is 6.78. The number of nitrogens with two attached hydrogens (primary N) is 1. The molecular weight excluding hydrogens is 242 g/mol. The van der Waals surface area contributed by atoms with Gasteiger partial charge >= 0.3 is 0 Å². The molecule has 112 valence electrons. The van der Waals surface area contributed by atoms with Crippen molar-refractivity contribution in [3.05, 3.63) is 0 Å². The summed E-state index contributed by atoms with van der Waals surface area (Å²) in [5.41, 5.74) is 5.06. The molecule has 0 aromatic rings. The lowest BCUT2D eigenvalue weighted by Crippen LogP contribution is -2.57. The van der Waals surface area contributed by atoms with Crippen LogP contribution in [0, 0.1) is 11.3 Å². The third-order valence-corrected chi connectivity index (χ3v) is 4.15. The van der Waals surface area contributed by atoms with Gasteiger partial charge < -0.3 is 16.3 Å². The monoisotopic (exact) mass is 271 g/mol. The molecular formula is C14H29N3O2. The number of carbonyl (C=O) groups is 1. The Morgan fingerprint density at radius 3 is 2.11 bits per heavy atom. The number of nitrogens with zero attached hydrogens (tertiary/aromatic N) is 1. The van der Waals surface area contributed by atoms with Gasteiger partial charge in [0.05, 0.1) is 0 Å². The van der Waals surface area contributed by atoms with Crippen LogP contribution in [0.1, 0.15) is 60.8 Å². The SMILES string of the molecule is CCC(CC)(NC(=O)CC(C)C(C)(C)C)C(N)=NO. The highest BCUT2D eigenvalue weighted by molar-refractivity contribution is 5.93. The van der Waals surface area contributed by atoms with E-state index in [2.05, 4.69) is 38.2 Å². The van der Waals surface area contributed by atoms with E-state index in [4.69, 9.17) is 10.9 Å². The van der Waals surface area contributed by atoms with Crippen molar-refractivity contribution >= 4 is 11.7 Å². The van der Waals surface area contributed by atoms with Gasteiger partial charge in [-0.15, -0.1) is 0 Å². The van der Waals surface area contributed by atoms with Crippen LogP contribution >= 0.6 is 0 Å². The summed E-state index contributed by atoms with van der Waals surface area (Å²) in [5, 5.41) is 14.9. The molecule has 0 bridgehead atoms. The summed E-state index contributed by atoms with van der Waals surface area (Å²) in [7, 11) is 0. The number of amides is 1. The van der Waals surface area contributed by atoms with E-state index in [0.717, 1.165) is 0 Å². The maximum atomic E-state index is 12.2. The van der Waals surface area contributed by atoms with E-state index in [1.807, 2.05) is 13.8 Å². The molecule has 0 saturated heterocycles. The van der Waals surface area contributed by atoms with Crippen molar-refractivity contribution in [1.82, 2.24) is 5.32 Å². The van der Waals surface area contributed by atoms with Gasteiger partial charge in [0.25, 0.3) is 0 Å². The molecule has 0 fully saturated rings. The molecule has 0 aliphatic rings. The Kier molecular flexibility index (Phi) is 6.33. The van der Waals surface area contributed by atoms with Crippen LogP contribution in [0.25, 0.3) is 0 Å². The summed E-state index contributed by atoms with van der Waals surface area (Å²) < 4.78 is 0. The highest BCUT2D eigenvalue weighted by atomic mass is 16.4. The maximum Gasteiger partial charge on any atom is 0.221 e. The zero-order valence-corrected chi connectivity index (χ0v) is 13.1. The summed E-state index contributed by atoms with van der Waals surface area (Å²) in [6.07, 6.45) is 1.62. The first-order valence-electron chi connectivity index (χ1n) is 6.92. The molecule has 0 aromatic heterocycles. The zero-order chi connectivity index (χ0) is 15.3. The largest absolute Gasteiger partial charge is 0.409 e. The van der Waals surface area contributed by atoms with Gasteiger partial charge in [-0.25, -0.2) is 0 Å². The number of nitrogens with one attached hydrogen (secondary N) is 1. The third kappa shape index (κ3) is 4.73. The molecule has 0 saturated carbocycles. The summed E-state index contributed by atoms with van der Waals surface area (Å²) >= 11 is 0. The molecule has 1 amide bonds. The lowest BCUT2D eigenvalue weighted by molar-refractivity contribution is -0.124. The van der Waals surface area contributed by atoms with Crippen molar-refractivity contribution in [3.63, 3.8) is 0 Å². The Labute approximate surface area is 116 Å². The number of hydrogen-bond donors (Lipinski definition) is 3. The second-order valence-electron chi connectivity index (χ2n) is 6.29. The Morgan fingerprint density at radius 1 is 1.32 bits per heavy atom. The quantitative estimate of drug-likeness (QED) is 0.300. The van der Waals surface area contributed by atoms with Gasteiger partial charge in [0.15, 0.2) is 5.84 Å². The van der Waals surface area contributed by atoms with E-state index in [1.54, 1.807) is 0 Å². The van der Waals surface area contributed by atoms with Crippen LogP contribution in [-0.2, 0) is 4.79 Å². The predicted molar refractivity (Wildman–Crippen MR) is 78.1 cm³/mol. The van der Waals surface area contributed by atoms with Gasteiger partial charge in [-0.1, -0.05) is 46.7 Å². The van der Waals surface area contributed by atoms with E-state index in [0.29, 0.717) is 19.3 Å². The topological polar surface area (TPSA) is 87.7 Å². The highest BCUT2D eigenvalue weighted by Crippen LogP contribution is 2.28. The Hall–Kier alpha value is -1.26. The fourth-order valence-corrected chi connectivity index (χ4v) is 1.85. The van der Waals surface area contributed by atoms with Gasteiger partial charge in [0.2, 0.25) is 5.91 Å². The molecule has 0 rings (SSSR count). The van der Waals surface area contributed by atoms with Crippen LogP contribution in [0.2, 0.25) is 0 Å². The lowest BCUT2D eigenvalue weighted by Gasteiger charge is -2.33. The van der Waals surface area contributed by atoms with Crippen LogP contribution in [0.5, 0.6) is 0 Å². The average molecular weight is 271 g/mol. The van der Waals surface area contributed by atoms with Crippen LogP contribution in [0.15, 0.2) is 5.16 Å². The molecule has 1 unspecified atom stereocenters. The van der Waals surface area contributed by atoms with Crippen LogP contribution in [0.3, 0.4) is 0 Å². The molecule has 5 nitrogen and oxygen atoms in total. The summed E-state index contributed by atoms with van der Waals surface area (Å²) in [6.45, 7) is 12.2. The molecule has 0 aliphatic carbocycles. The van der Waals surface area contributed by atoms with Crippen LogP contribution < -0.4 is 11.1 Å². The number of oxime groups is 1. The Bertz CT molecular complexity index is 328. The first-order chi connectivity index (χ1) is 8.62. The van der Waals surface area contributed by atoms with E-state index in [-0.39, 0.29) is 23.1 Å². The van der Waals surface area contributed by atoms with Crippen molar-refractivity contribution in [2.75, 3.05) is 0 Å². The third-order valence-electron chi connectivity index (χ3n) is 4.15. The molecule has 0 heterocycles. The van der Waals surface area contributed by atoms with Gasteiger partial charge in [-0.2, -0.15) is 0 Å². The van der Waals surface area contributed by atoms with Gasteiger partial charge in [-0.3, -0.25) is 4.79 Å². The predicted octanol–water partition coefficient (Wildman–Crippen LogP) is 2.48. The highest BCUT2D eigenvalue weighted by Gasteiger charge is 2.34. The fourth-order valence-electron chi connectivity index (χ4n) is 1.85. The van der Waals surface area contributed by atoms with Crippen LogP contribution in [0.4, 0.5) is 0 Å². The summed E-state index contributed by atoms with van der Waals surface area (Å²) in [5.74, 6) is 0.262. The van der Waals surface area contributed by atoms with Gasteiger partial charge in [0.1, 0.15) is 5.54 Å². The lowest BCUT2D eigenvalue weighted by atomic mass is 9.79. The average Bonchev–Trinajstić information content (AvgIpc) is 2.33. The van der Waals surface area contributed by atoms with Crippen molar-refractivity contribution in [1.29, 1.82) is 0 Å². The molecule has 0 aliphatic heterocycles. The molecule has 0 spiro atoms. The molecule has 19 heavy (non-hydrogen) atoms. The molecule has 5 heteroatoms. The maximum absolute atomic E-state index is 12.2. The molecule has 4 N–H and O–H groups in total. The van der Waals surface area contributed by atoms with E-state index in [9.17, 15) is 4.79 Å². The van der Waals surface area contributed by atoms with Gasteiger partial charge in [0, 0.05) is 6.42 Å². The number of rotatable bonds is 6. The number of carbonyl (C=O) groups excluding carboxylic acids is 1. The fraction of sp³-hybridized carbons (Fsp3) is 0.857. The zero-order valence-electron chi connectivity index (χ0n) is 13.1. The number of hydrogen-bond acceptors (Lipinski definition) is 3. The van der Waals surface area contributed by atoms with Crippen molar-refractivity contribution in [3.8, 4) is 0 Å².